The van der Waals surface area contributed by atoms with Crippen molar-refractivity contribution in [3.05, 3.63) is 0 Å². The molecule has 1 unspecified atom stereocenters. The zero-order chi connectivity index (χ0) is 10.5. The van der Waals surface area contributed by atoms with Crippen LogP contribution in [-0.2, 0) is 9.53 Å². The second kappa shape index (κ2) is 5.72. The number of carbonyl (C=O) groups is 1. The lowest BCUT2D eigenvalue weighted by atomic mass is 10.2. The molecule has 1 atom stereocenters. The number of nitrogens with one attached hydrogen (secondary N) is 1. The molecular formula is C10H18N2O2S. The summed E-state index contributed by atoms with van der Waals surface area (Å²) in [4.78, 5) is 14.0. The average Bonchev–Trinajstić information content (AvgIpc) is 2.58. The summed E-state index contributed by atoms with van der Waals surface area (Å²) in [5.41, 5.74) is 0. The number of ether oxygens (including phenoxy) is 1. The topological polar surface area (TPSA) is 41.6 Å². The van der Waals surface area contributed by atoms with Gasteiger partial charge in [-0.1, -0.05) is 0 Å². The molecule has 86 valence electrons. The SMILES string of the molecule is O=C(C1CNCCO1)N1CCCSCC1. The molecule has 4 nitrogen and oxygen atoms in total. The number of carbonyl (C=O) groups excluding carboxylic acids is 1. The summed E-state index contributed by atoms with van der Waals surface area (Å²) in [6, 6.07) is 0. The van der Waals surface area contributed by atoms with Crippen molar-refractivity contribution in [3.63, 3.8) is 0 Å². The highest BCUT2D eigenvalue weighted by molar-refractivity contribution is 7.99. The monoisotopic (exact) mass is 230 g/mol. The third-order valence-electron chi connectivity index (χ3n) is 2.74. The van der Waals surface area contributed by atoms with Gasteiger partial charge in [-0.2, -0.15) is 11.8 Å². The van der Waals surface area contributed by atoms with E-state index >= 15 is 0 Å². The van der Waals surface area contributed by atoms with Crippen LogP contribution >= 0.6 is 11.8 Å². The Morgan fingerprint density at radius 1 is 1.40 bits per heavy atom. The molecule has 0 saturated carbocycles. The Balaban J connectivity index is 1.87. The van der Waals surface area contributed by atoms with Crippen LogP contribution in [0.5, 0.6) is 0 Å². The van der Waals surface area contributed by atoms with Crippen LogP contribution in [0, 0.1) is 0 Å². The van der Waals surface area contributed by atoms with E-state index in [1.165, 1.54) is 5.75 Å². The first-order valence-electron chi connectivity index (χ1n) is 5.57. The van der Waals surface area contributed by atoms with E-state index in [1.54, 1.807) is 0 Å². The minimum absolute atomic E-state index is 0.171. The van der Waals surface area contributed by atoms with Gasteiger partial charge in [-0.15, -0.1) is 0 Å². The van der Waals surface area contributed by atoms with Crippen LogP contribution in [0.15, 0.2) is 0 Å². The first-order valence-corrected chi connectivity index (χ1v) is 6.72. The van der Waals surface area contributed by atoms with E-state index in [0.29, 0.717) is 13.2 Å². The van der Waals surface area contributed by atoms with Gasteiger partial charge in [-0.05, 0) is 12.2 Å². The van der Waals surface area contributed by atoms with Gasteiger partial charge in [0.25, 0.3) is 5.91 Å². The van der Waals surface area contributed by atoms with Gasteiger partial charge in [0.05, 0.1) is 6.61 Å². The van der Waals surface area contributed by atoms with Gasteiger partial charge < -0.3 is 15.0 Å². The second-order valence-corrected chi connectivity index (χ2v) is 5.08. The van der Waals surface area contributed by atoms with Gasteiger partial charge >= 0.3 is 0 Å². The molecular weight excluding hydrogens is 212 g/mol. The molecule has 0 aromatic rings. The van der Waals surface area contributed by atoms with Crippen LogP contribution in [0.3, 0.4) is 0 Å². The van der Waals surface area contributed by atoms with Crippen molar-refractivity contribution in [2.45, 2.75) is 12.5 Å². The highest BCUT2D eigenvalue weighted by atomic mass is 32.2. The Morgan fingerprint density at radius 2 is 2.33 bits per heavy atom. The quantitative estimate of drug-likeness (QED) is 0.685. The first-order chi connectivity index (χ1) is 7.38. The lowest BCUT2D eigenvalue weighted by Crippen LogP contribution is -2.49. The Hall–Kier alpha value is -0.260. The first kappa shape index (κ1) is 11.2. The van der Waals surface area contributed by atoms with Crippen LogP contribution in [0.4, 0.5) is 0 Å². The number of hydrogen-bond donors (Lipinski definition) is 1. The largest absolute Gasteiger partial charge is 0.366 e. The van der Waals surface area contributed by atoms with E-state index in [2.05, 4.69) is 5.32 Å². The maximum atomic E-state index is 12.1. The van der Waals surface area contributed by atoms with Crippen molar-refractivity contribution in [2.24, 2.45) is 0 Å². The summed E-state index contributed by atoms with van der Waals surface area (Å²) in [6.45, 7) is 3.95. The van der Waals surface area contributed by atoms with Gasteiger partial charge in [0.2, 0.25) is 0 Å². The molecule has 2 saturated heterocycles. The Labute approximate surface area is 94.7 Å². The third-order valence-corrected chi connectivity index (χ3v) is 3.79. The van der Waals surface area contributed by atoms with Gasteiger partial charge in [0.1, 0.15) is 6.10 Å². The molecule has 2 heterocycles. The molecule has 1 N–H and O–H groups in total. The predicted octanol–water partition coefficient (Wildman–Crippen LogP) is -0.0597. The lowest BCUT2D eigenvalue weighted by molar-refractivity contribution is -0.144. The number of nitrogens with zero attached hydrogens (tertiary/aromatic N) is 1. The minimum Gasteiger partial charge on any atom is -0.366 e. The predicted molar refractivity (Wildman–Crippen MR) is 61.1 cm³/mol. The summed E-state index contributed by atoms with van der Waals surface area (Å²) in [6.07, 6.45) is 0.859. The Morgan fingerprint density at radius 3 is 3.13 bits per heavy atom. The Kier molecular flexibility index (Phi) is 4.29. The van der Waals surface area contributed by atoms with Gasteiger partial charge in [-0.25, -0.2) is 0 Å². The molecule has 5 heteroatoms. The zero-order valence-corrected chi connectivity index (χ0v) is 9.72. The molecule has 1 amide bonds. The van der Waals surface area contributed by atoms with E-state index in [-0.39, 0.29) is 12.0 Å². The van der Waals surface area contributed by atoms with E-state index < -0.39 is 0 Å². The molecule has 2 aliphatic heterocycles. The highest BCUT2D eigenvalue weighted by Gasteiger charge is 2.26. The molecule has 2 rings (SSSR count). The number of amides is 1. The Bertz CT molecular complexity index is 211. The molecule has 0 bridgehead atoms. The van der Waals surface area contributed by atoms with Crippen LogP contribution < -0.4 is 5.32 Å². The van der Waals surface area contributed by atoms with Crippen LogP contribution in [0.2, 0.25) is 0 Å². The van der Waals surface area contributed by atoms with E-state index in [4.69, 9.17) is 4.74 Å². The maximum Gasteiger partial charge on any atom is 0.253 e. The van der Waals surface area contributed by atoms with Gasteiger partial charge in [0.15, 0.2) is 0 Å². The van der Waals surface area contributed by atoms with Gasteiger partial charge in [-0.3, -0.25) is 4.79 Å². The fourth-order valence-corrected chi connectivity index (χ4v) is 2.78. The average molecular weight is 230 g/mol. The number of thioether (sulfide) groups is 1. The summed E-state index contributed by atoms with van der Waals surface area (Å²) >= 11 is 1.93. The van der Waals surface area contributed by atoms with Crippen LogP contribution in [0.1, 0.15) is 6.42 Å². The molecule has 0 aromatic carbocycles. The fourth-order valence-electron chi connectivity index (χ4n) is 1.89. The molecule has 0 aromatic heterocycles. The summed E-state index contributed by atoms with van der Waals surface area (Å²) in [7, 11) is 0. The summed E-state index contributed by atoms with van der Waals surface area (Å²) in [5.74, 6) is 2.41. The van der Waals surface area contributed by atoms with Crippen LogP contribution in [0.25, 0.3) is 0 Å². The van der Waals surface area contributed by atoms with Crippen molar-refractivity contribution in [2.75, 3.05) is 44.3 Å². The van der Waals surface area contributed by atoms with Crippen molar-refractivity contribution in [1.82, 2.24) is 10.2 Å². The van der Waals surface area contributed by atoms with Crippen molar-refractivity contribution in [1.29, 1.82) is 0 Å². The van der Waals surface area contributed by atoms with Gasteiger partial charge in [0, 0.05) is 31.9 Å². The fraction of sp³-hybridized carbons (Fsp3) is 0.900. The van der Waals surface area contributed by atoms with E-state index in [1.807, 2.05) is 16.7 Å². The van der Waals surface area contributed by atoms with Crippen molar-refractivity contribution < 1.29 is 9.53 Å². The number of rotatable bonds is 1. The molecule has 0 radical (unpaired) electrons. The lowest BCUT2D eigenvalue weighted by Gasteiger charge is -2.28. The van der Waals surface area contributed by atoms with Crippen molar-refractivity contribution >= 4 is 17.7 Å². The number of morpholine rings is 1. The van der Waals surface area contributed by atoms with Crippen molar-refractivity contribution in [3.8, 4) is 0 Å². The zero-order valence-electron chi connectivity index (χ0n) is 8.91. The minimum atomic E-state index is -0.248. The standard InChI is InChI=1S/C10H18N2O2S/c13-10(9-8-11-2-5-14-9)12-3-1-6-15-7-4-12/h9,11H,1-8H2. The molecule has 15 heavy (non-hydrogen) atoms. The molecule has 2 fully saturated rings. The highest BCUT2D eigenvalue weighted by Crippen LogP contribution is 2.12. The summed E-state index contributed by atoms with van der Waals surface area (Å²) in [5, 5.41) is 3.19. The second-order valence-electron chi connectivity index (χ2n) is 3.85. The summed E-state index contributed by atoms with van der Waals surface area (Å²) < 4.78 is 5.47. The van der Waals surface area contributed by atoms with E-state index in [0.717, 1.165) is 31.8 Å². The molecule has 0 spiro atoms. The molecule has 2 aliphatic rings. The maximum absolute atomic E-state index is 12.1. The van der Waals surface area contributed by atoms with E-state index in [9.17, 15) is 4.79 Å². The molecule has 0 aliphatic carbocycles. The number of hydrogen-bond acceptors (Lipinski definition) is 4. The van der Waals surface area contributed by atoms with Crippen LogP contribution in [-0.4, -0.2) is 61.2 Å². The smallest absolute Gasteiger partial charge is 0.253 e. The third kappa shape index (κ3) is 3.09. The normalized spacial score (nSPS) is 28.5.